The van der Waals surface area contributed by atoms with E-state index in [-0.39, 0.29) is 0 Å². The molecule has 0 spiro atoms. The lowest BCUT2D eigenvalue weighted by Crippen LogP contribution is -2.45. The standard InChI is InChI=1S/C15H34N2/c1-8-10-16-14(13(3)9-2)11-17(7)12-15(4,5)6/h13-14,16H,8-12H2,1-7H3. The summed E-state index contributed by atoms with van der Waals surface area (Å²) in [5, 5.41) is 3.70. The summed E-state index contributed by atoms with van der Waals surface area (Å²) < 4.78 is 0. The van der Waals surface area contributed by atoms with E-state index in [1.165, 1.54) is 12.8 Å². The summed E-state index contributed by atoms with van der Waals surface area (Å²) >= 11 is 0. The zero-order valence-electron chi connectivity index (χ0n) is 13.1. The van der Waals surface area contributed by atoms with Gasteiger partial charge < -0.3 is 10.2 Å². The van der Waals surface area contributed by atoms with Crippen LogP contribution in [0.2, 0.25) is 0 Å². The molecule has 0 heterocycles. The van der Waals surface area contributed by atoms with Gasteiger partial charge in [0.05, 0.1) is 0 Å². The van der Waals surface area contributed by atoms with E-state index >= 15 is 0 Å². The van der Waals surface area contributed by atoms with Crippen LogP contribution < -0.4 is 5.32 Å². The number of hydrogen-bond donors (Lipinski definition) is 1. The van der Waals surface area contributed by atoms with Gasteiger partial charge in [-0.15, -0.1) is 0 Å². The van der Waals surface area contributed by atoms with Crippen molar-refractivity contribution in [3.63, 3.8) is 0 Å². The Morgan fingerprint density at radius 2 is 1.76 bits per heavy atom. The molecular weight excluding hydrogens is 208 g/mol. The molecule has 1 N–H and O–H groups in total. The molecule has 0 saturated heterocycles. The molecule has 0 amide bonds. The summed E-state index contributed by atoms with van der Waals surface area (Å²) in [7, 11) is 2.24. The molecule has 0 aromatic rings. The Balaban J connectivity index is 4.21. The van der Waals surface area contributed by atoms with Crippen LogP contribution in [0.15, 0.2) is 0 Å². The first-order valence-electron chi connectivity index (χ1n) is 7.22. The van der Waals surface area contributed by atoms with E-state index in [0.29, 0.717) is 11.5 Å². The molecule has 0 rings (SSSR count). The van der Waals surface area contributed by atoms with Crippen molar-refractivity contribution in [1.82, 2.24) is 10.2 Å². The lowest BCUT2D eigenvalue weighted by atomic mass is 9.94. The van der Waals surface area contributed by atoms with Gasteiger partial charge >= 0.3 is 0 Å². The van der Waals surface area contributed by atoms with Crippen molar-refractivity contribution >= 4 is 0 Å². The molecule has 0 bridgehead atoms. The van der Waals surface area contributed by atoms with E-state index < -0.39 is 0 Å². The van der Waals surface area contributed by atoms with E-state index in [4.69, 9.17) is 0 Å². The van der Waals surface area contributed by atoms with Crippen LogP contribution in [0.3, 0.4) is 0 Å². The van der Waals surface area contributed by atoms with Gasteiger partial charge in [0.2, 0.25) is 0 Å². The predicted molar refractivity (Wildman–Crippen MR) is 78.5 cm³/mol. The van der Waals surface area contributed by atoms with Crippen molar-refractivity contribution in [2.75, 3.05) is 26.7 Å². The van der Waals surface area contributed by atoms with Crippen LogP contribution in [-0.4, -0.2) is 37.6 Å². The quantitative estimate of drug-likeness (QED) is 0.702. The Kier molecular flexibility index (Phi) is 8.06. The third-order valence-corrected chi connectivity index (χ3v) is 3.24. The molecule has 0 aromatic heterocycles. The van der Waals surface area contributed by atoms with Crippen molar-refractivity contribution in [2.24, 2.45) is 11.3 Å². The van der Waals surface area contributed by atoms with Crippen LogP contribution in [0.5, 0.6) is 0 Å². The van der Waals surface area contributed by atoms with E-state index in [2.05, 4.69) is 58.8 Å². The monoisotopic (exact) mass is 242 g/mol. The molecular formula is C15H34N2. The first-order valence-corrected chi connectivity index (χ1v) is 7.22. The van der Waals surface area contributed by atoms with Crippen LogP contribution in [-0.2, 0) is 0 Å². The topological polar surface area (TPSA) is 15.3 Å². The number of hydrogen-bond acceptors (Lipinski definition) is 2. The molecule has 2 atom stereocenters. The van der Waals surface area contributed by atoms with Gasteiger partial charge in [-0.1, -0.05) is 48.0 Å². The molecule has 2 unspecified atom stereocenters. The molecule has 2 heteroatoms. The largest absolute Gasteiger partial charge is 0.312 e. The summed E-state index contributed by atoms with van der Waals surface area (Å²) in [5.74, 6) is 0.754. The summed E-state index contributed by atoms with van der Waals surface area (Å²) in [4.78, 5) is 2.47. The minimum Gasteiger partial charge on any atom is -0.312 e. The first kappa shape index (κ1) is 16.9. The lowest BCUT2D eigenvalue weighted by molar-refractivity contribution is 0.187. The Bertz CT molecular complexity index is 184. The Labute approximate surface area is 109 Å². The summed E-state index contributed by atoms with van der Waals surface area (Å²) in [6.07, 6.45) is 2.47. The van der Waals surface area contributed by atoms with Gasteiger partial charge in [0.1, 0.15) is 0 Å². The van der Waals surface area contributed by atoms with Gasteiger partial charge in [-0.3, -0.25) is 0 Å². The molecule has 0 radical (unpaired) electrons. The molecule has 104 valence electrons. The first-order chi connectivity index (χ1) is 7.80. The molecule has 0 aliphatic heterocycles. The second-order valence-corrected chi connectivity index (χ2v) is 6.70. The van der Waals surface area contributed by atoms with Gasteiger partial charge in [-0.05, 0) is 31.3 Å². The van der Waals surface area contributed by atoms with Crippen molar-refractivity contribution in [1.29, 1.82) is 0 Å². The highest BCUT2D eigenvalue weighted by Gasteiger charge is 2.20. The molecule has 17 heavy (non-hydrogen) atoms. The van der Waals surface area contributed by atoms with E-state index in [1.54, 1.807) is 0 Å². The lowest BCUT2D eigenvalue weighted by Gasteiger charge is -2.32. The Morgan fingerprint density at radius 3 is 2.18 bits per heavy atom. The van der Waals surface area contributed by atoms with Crippen molar-refractivity contribution < 1.29 is 0 Å². The van der Waals surface area contributed by atoms with Gasteiger partial charge in [-0.25, -0.2) is 0 Å². The fourth-order valence-corrected chi connectivity index (χ4v) is 2.27. The Morgan fingerprint density at radius 1 is 1.18 bits per heavy atom. The van der Waals surface area contributed by atoms with Crippen LogP contribution >= 0.6 is 0 Å². The molecule has 2 nitrogen and oxygen atoms in total. The third kappa shape index (κ3) is 8.62. The number of nitrogens with one attached hydrogen (secondary N) is 1. The zero-order valence-corrected chi connectivity index (χ0v) is 13.1. The highest BCUT2D eigenvalue weighted by molar-refractivity contribution is 4.77. The van der Waals surface area contributed by atoms with E-state index in [1.807, 2.05) is 0 Å². The molecule has 0 aliphatic carbocycles. The number of likely N-dealkylation sites (N-methyl/N-ethyl adjacent to an activating group) is 1. The third-order valence-electron chi connectivity index (χ3n) is 3.24. The molecule has 0 aliphatic rings. The van der Waals surface area contributed by atoms with Gasteiger partial charge in [0, 0.05) is 19.1 Å². The maximum Gasteiger partial charge on any atom is 0.0220 e. The van der Waals surface area contributed by atoms with Crippen molar-refractivity contribution in [2.45, 2.75) is 60.4 Å². The second-order valence-electron chi connectivity index (χ2n) is 6.70. The van der Waals surface area contributed by atoms with Gasteiger partial charge in [0.15, 0.2) is 0 Å². The van der Waals surface area contributed by atoms with Crippen molar-refractivity contribution in [3.8, 4) is 0 Å². The van der Waals surface area contributed by atoms with E-state index in [9.17, 15) is 0 Å². The minimum absolute atomic E-state index is 0.388. The summed E-state index contributed by atoms with van der Waals surface area (Å²) in [6.45, 7) is 17.3. The maximum atomic E-state index is 3.70. The normalized spacial score (nSPS) is 16.2. The maximum absolute atomic E-state index is 3.70. The average molecular weight is 242 g/mol. The highest BCUT2D eigenvalue weighted by atomic mass is 15.1. The smallest absolute Gasteiger partial charge is 0.0220 e. The van der Waals surface area contributed by atoms with Crippen LogP contribution in [0.4, 0.5) is 0 Å². The summed E-state index contributed by atoms with van der Waals surface area (Å²) in [6, 6.07) is 0.632. The fourth-order valence-electron chi connectivity index (χ4n) is 2.27. The summed E-state index contributed by atoms with van der Waals surface area (Å²) in [5.41, 5.74) is 0.388. The molecule has 0 saturated carbocycles. The fraction of sp³-hybridized carbons (Fsp3) is 1.00. The van der Waals surface area contributed by atoms with E-state index in [0.717, 1.165) is 25.6 Å². The van der Waals surface area contributed by atoms with Crippen LogP contribution in [0.25, 0.3) is 0 Å². The highest BCUT2D eigenvalue weighted by Crippen LogP contribution is 2.16. The zero-order chi connectivity index (χ0) is 13.5. The van der Waals surface area contributed by atoms with Crippen LogP contribution in [0, 0.1) is 11.3 Å². The Hall–Kier alpha value is -0.0800. The molecule has 0 aromatic carbocycles. The van der Waals surface area contributed by atoms with Crippen LogP contribution in [0.1, 0.15) is 54.4 Å². The molecule has 0 fully saturated rings. The van der Waals surface area contributed by atoms with Gasteiger partial charge in [-0.2, -0.15) is 0 Å². The predicted octanol–water partition coefficient (Wildman–Crippen LogP) is 3.38. The number of nitrogens with zero attached hydrogens (tertiary/aromatic N) is 1. The second kappa shape index (κ2) is 8.10. The van der Waals surface area contributed by atoms with Crippen molar-refractivity contribution in [3.05, 3.63) is 0 Å². The van der Waals surface area contributed by atoms with Gasteiger partial charge in [0.25, 0.3) is 0 Å². The average Bonchev–Trinajstić information content (AvgIpc) is 2.20. The number of rotatable bonds is 8. The minimum atomic E-state index is 0.388. The SMILES string of the molecule is CCCNC(CN(C)CC(C)(C)C)C(C)CC.